The fraction of sp³-hybridized carbons (Fsp3) is 0.857. The lowest BCUT2D eigenvalue weighted by molar-refractivity contribution is -0.144. The van der Waals surface area contributed by atoms with Crippen LogP contribution in [-0.4, -0.2) is 101 Å². The van der Waals surface area contributed by atoms with Crippen LogP contribution in [0.1, 0.15) is 259 Å². The molecule has 19 nitrogen and oxygen atoms in total. The first kappa shape index (κ1) is 91.4. The van der Waals surface area contributed by atoms with Gasteiger partial charge in [-0.25, -0.2) is 19.0 Å². The van der Waals surface area contributed by atoms with E-state index in [1.54, 1.807) is 21.0 Å². The topological polar surface area (TPSA) is 239 Å². The second-order valence-electron chi connectivity index (χ2n) is 31.2. The maximum absolute atomic E-state index is 11.3. The third-order valence-corrected chi connectivity index (χ3v) is 26.8. The lowest BCUT2D eigenvalue weighted by atomic mass is 9.60. The first-order valence-electron chi connectivity index (χ1n) is 40.2. The van der Waals surface area contributed by atoms with Crippen molar-refractivity contribution in [2.45, 2.75) is 275 Å². The molecule has 12 atom stereocenters. The minimum atomic E-state index is -0.323. The molecule has 7 saturated carbocycles. The zero-order valence-electron chi connectivity index (χ0n) is 66.8. The van der Waals surface area contributed by atoms with Crippen molar-refractivity contribution < 1.29 is 38.1 Å². The Labute approximate surface area is 626 Å². The number of nitrogens with one attached hydrogen (secondary N) is 2. The second kappa shape index (κ2) is 46.3. The molecule has 2 unspecified atom stereocenters. The number of alkyl carbamates (subject to hydrolysis) is 2. The van der Waals surface area contributed by atoms with Crippen molar-refractivity contribution in [2.24, 2.45) is 147 Å². The summed E-state index contributed by atoms with van der Waals surface area (Å²) in [6, 6.07) is 0. The number of fused-ring (bicyclic) bond motifs is 6. The van der Waals surface area contributed by atoms with Crippen LogP contribution in [0, 0.1) is 166 Å². The maximum Gasteiger partial charge on any atom is 0.406 e. The van der Waals surface area contributed by atoms with Gasteiger partial charge in [-0.1, -0.05) is 148 Å². The van der Waals surface area contributed by atoms with Gasteiger partial charge in [0.1, 0.15) is 0 Å². The number of esters is 2. The Bertz CT molecular complexity index is 2670. The molecular formula is C84H147N11O8. The highest BCUT2D eigenvalue weighted by Crippen LogP contribution is 2.56. The summed E-state index contributed by atoms with van der Waals surface area (Å²) in [6.45, 7) is 46.7. The van der Waals surface area contributed by atoms with E-state index in [1.807, 2.05) is 37.1 Å². The molecule has 2 aromatic heterocycles. The largest absolute Gasteiger partial charge is 0.465 e. The summed E-state index contributed by atoms with van der Waals surface area (Å²) in [4.78, 5) is 46.9. The molecule has 0 radical (unpaired) electrons. The van der Waals surface area contributed by atoms with Crippen LogP contribution in [0.15, 0.2) is 5.11 Å². The van der Waals surface area contributed by atoms with Gasteiger partial charge in [-0.2, -0.15) is 0 Å². The van der Waals surface area contributed by atoms with Crippen LogP contribution in [0.25, 0.3) is 10.4 Å². The number of azide groups is 1. The summed E-state index contributed by atoms with van der Waals surface area (Å²) in [5.41, 5.74) is 12.5. The second-order valence-corrected chi connectivity index (χ2v) is 31.2. The smallest absolute Gasteiger partial charge is 0.406 e. The molecular weight excluding hydrogens is 1290 g/mol. The zero-order chi connectivity index (χ0) is 74.6. The van der Waals surface area contributed by atoms with Crippen LogP contribution in [0.2, 0.25) is 0 Å². The zero-order valence-corrected chi connectivity index (χ0v) is 66.8. The summed E-state index contributed by atoms with van der Waals surface area (Å²) in [5.74, 6) is 32.5. The van der Waals surface area contributed by atoms with Gasteiger partial charge in [0.15, 0.2) is 0 Å². The number of aryl methyl sites for hydroxylation is 4. The Balaban J connectivity index is 0.000000314. The SMILES string of the molecule is C.C.CC.CC1C(C)C(C)C1C.CC1C(C)C(C)C1C.CC1C(C)C(C)C1C.CCC(=O)OCC1[C@H]2CCC#CCC[C@@H]12.CCC(=O)OC[C@@H]1[C@@H]2CCc3nnn(CC)c3CC[C@@H]21.CCN=[N+]=[N-].CCn1nnc2c1CC[C@H]1[C@@H](CC2)[C@H]1COC(=O)NC.CNC(=O)OCC1[C@H]2CCC#CCC[C@@H]12. The Kier molecular flexibility index (Phi) is 41.1. The van der Waals surface area contributed by atoms with Gasteiger partial charge in [-0.3, -0.25) is 9.59 Å². The summed E-state index contributed by atoms with van der Waals surface area (Å²) in [6.07, 6.45) is 18.0. The maximum atomic E-state index is 11.3. The number of aromatic nitrogens is 6. The molecule has 0 saturated heterocycles. The number of nitrogens with zero attached hydrogens (tertiary/aromatic N) is 9. The standard InChI is InChI=1S/C15H23N3O2.C14H22N4O2.C13H18O2.C12H17NO2.3C8H16.C2H5N3.C2H6.2CH4/c1-3-15(19)20-9-12-10-5-7-13-14(8-6-11(10)12)18(4-2)17-16-13;1-3-18-13-7-5-10-9(4-6-12(13)16-17-18)11(10)8-20-14(19)15-2;1-2-13(14)15-9-12-10-7-5-3-4-6-8-11(10)12;1-13-12(14)15-8-11-9-6-4-2-3-5-7-10(9)11;3*1-5-6(2)8(4)7(5)3;1-2-4-5-3;1-2;;/h10-12H,3-9H2,1-2H3;9-11H,3-8H2,1-2H3,(H,15,19);10-12H,2,5-9H2,1H3;9-11H,4-8H2,1H3,(H,13,14);3*5-8H,1-4H3;2H2,1H3;1-2H3;2*1H4/t10-,11+,12-;9-,10+,11-;10-,11+,12?;9-,10+,11?;;;;;;;/m11........./s1. The molecule has 0 spiro atoms. The molecule has 2 N–H and O–H groups in total. The van der Waals surface area contributed by atoms with E-state index >= 15 is 0 Å². The first-order valence-corrected chi connectivity index (χ1v) is 40.2. The number of rotatable bonds is 13. The Morgan fingerprint density at radius 2 is 0.670 bits per heavy atom. The molecule has 0 aromatic carbocycles. The number of hydrogen-bond acceptors (Lipinski definition) is 13. The van der Waals surface area contributed by atoms with Gasteiger partial charge < -0.3 is 29.6 Å². The molecule has 2 aromatic rings. The van der Waals surface area contributed by atoms with Gasteiger partial charge in [-0.15, -0.1) is 33.9 Å². The van der Waals surface area contributed by atoms with Gasteiger partial charge in [0.25, 0.3) is 0 Å². The van der Waals surface area contributed by atoms with Crippen LogP contribution >= 0.6 is 0 Å². The third kappa shape index (κ3) is 26.3. The quantitative estimate of drug-likeness (QED) is 0.0475. The van der Waals surface area contributed by atoms with E-state index in [-0.39, 0.29) is 39.0 Å². The van der Waals surface area contributed by atoms with Crippen LogP contribution < -0.4 is 10.6 Å². The normalized spacial score (nSPS) is 33.6. The van der Waals surface area contributed by atoms with Crippen molar-refractivity contribution in [1.82, 2.24) is 40.6 Å². The minimum absolute atomic E-state index is 0. The molecule has 2 heterocycles. The summed E-state index contributed by atoms with van der Waals surface area (Å²) in [7, 11) is 3.18. The third-order valence-electron chi connectivity index (χ3n) is 26.8. The molecule has 2 amide bonds. The van der Waals surface area contributed by atoms with E-state index in [1.165, 1.54) is 54.9 Å². The average Bonchev–Trinajstić information content (AvgIpc) is 1.64. The fourth-order valence-electron chi connectivity index (χ4n) is 17.7. The predicted molar refractivity (Wildman–Crippen MR) is 417 cm³/mol. The molecule has 586 valence electrons. The van der Waals surface area contributed by atoms with Crippen LogP contribution in [0.3, 0.4) is 0 Å². The predicted octanol–water partition coefficient (Wildman–Crippen LogP) is 18.8. The van der Waals surface area contributed by atoms with Gasteiger partial charge in [-0.05, 0) is 238 Å². The van der Waals surface area contributed by atoms with Crippen molar-refractivity contribution in [3.63, 3.8) is 0 Å². The molecule has 11 aliphatic carbocycles. The fourth-order valence-corrected chi connectivity index (χ4v) is 17.7. The van der Waals surface area contributed by atoms with Crippen molar-refractivity contribution in [2.75, 3.05) is 47.1 Å². The van der Waals surface area contributed by atoms with Crippen LogP contribution in [0.5, 0.6) is 0 Å². The number of amides is 2. The molecule has 7 fully saturated rings. The first-order chi connectivity index (χ1) is 48.5. The Morgan fingerprint density at radius 1 is 0.427 bits per heavy atom. The number of hydrogen-bond donors (Lipinski definition) is 2. The van der Waals surface area contributed by atoms with E-state index < -0.39 is 0 Å². The summed E-state index contributed by atoms with van der Waals surface area (Å²) >= 11 is 0. The summed E-state index contributed by atoms with van der Waals surface area (Å²) < 4.78 is 24.9. The molecule has 13 rings (SSSR count). The minimum Gasteiger partial charge on any atom is -0.465 e. The van der Waals surface area contributed by atoms with E-state index in [2.05, 4.69) is 162 Å². The van der Waals surface area contributed by atoms with Crippen molar-refractivity contribution in [1.29, 1.82) is 0 Å². The number of carbonyl (C=O) groups excluding carboxylic acids is 4. The number of carbonyl (C=O) groups is 4. The summed E-state index contributed by atoms with van der Waals surface area (Å²) in [5, 5.41) is 25.2. The van der Waals surface area contributed by atoms with Gasteiger partial charge >= 0.3 is 24.1 Å². The van der Waals surface area contributed by atoms with Gasteiger partial charge in [0.05, 0.1) is 49.2 Å². The van der Waals surface area contributed by atoms with Crippen LogP contribution in [0.4, 0.5) is 9.59 Å². The number of ether oxygens (including phenoxy) is 4. The van der Waals surface area contributed by atoms with E-state index in [9.17, 15) is 19.2 Å². The van der Waals surface area contributed by atoms with Crippen molar-refractivity contribution in [3.05, 3.63) is 33.2 Å². The highest BCUT2D eigenvalue weighted by atomic mass is 16.6. The highest BCUT2D eigenvalue weighted by molar-refractivity contribution is 5.69. The highest BCUT2D eigenvalue weighted by Gasteiger charge is 2.53. The van der Waals surface area contributed by atoms with E-state index in [0.717, 1.165) is 190 Å². The molecule has 0 bridgehead atoms. The molecule has 19 heteroatoms. The lowest BCUT2D eigenvalue weighted by Gasteiger charge is -2.45. The monoisotopic (exact) mass is 1440 g/mol. The molecule has 11 aliphatic rings. The van der Waals surface area contributed by atoms with E-state index in [0.29, 0.717) is 81.3 Å². The Morgan fingerprint density at radius 3 is 0.883 bits per heavy atom. The van der Waals surface area contributed by atoms with Crippen molar-refractivity contribution in [3.8, 4) is 23.7 Å². The lowest BCUT2D eigenvalue weighted by Crippen LogP contribution is -2.39. The molecule has 103 heavy (non-hydrogen) atoms. The average molecular weight is 1440 g/mol. The van der Waals surface area contributed by atoms with Gasteiger partial charge in [0, 0.05) is 77.2 Å². The van der Waals surface area contributed by atoms with E-state index in [4.69, 9.17) is 24.5 Å². The Hall–Kier alpha value is -5.81. The van der Waals surface area contributed by atoms with Crippen LogP contribution in [-0.2, 0) is 67.3 Å². The van der Waals surface area contributed by atoms with Crippen molar-refractivity contribution >= 4 is 24.1 Å². The van der Waals surface area contributed by atoms with Gasteiger partial charge in [0.2, 0.25) is 0 Å². The molecule has 0 aliphatic heterocycles.